The fraction of sp³-hybridized carbons (Fsp3) is 0.273. The number of para-hydroxylation sites is 1. The van der Waals surface area contributed by atoms with E-state index in [0.29, 0.717) is 5.69 Å². The van der Waals surface area contributed by atoms with E-state index in [-0.39, 0.29) is 0 Å². The van der Waals surface area contributed by atoms with Gasteiger partial charge in [-0.05, 0) is 48.6 Å². The van der Waals surface area contributed by atoms with Gasteiger partial charge in [-0.25, -0.2) is 4.68 Å². The molecule has 84 valence electrons. The van der Waals surface area contributed by atoms with Crippen molar-refractivity contribution in [3.05, 3.63) is 39.7 Å². The molecule has 0 fully saturated rings. The molecule has 5 heteroatoms. The molecular weight excluding hydrogens is 317 g/mol. The van der Waals surface area contributed by atoms with Gasteiger partial charge in [0.25, 0.3) is 0 Å². The highest BCUT2D eigenvalue weighted by Gasteiger charge is 2.20. The lowest BCUT2D eigenvalue weighted by molar-refractivity contribution is 0.0737. The lowest BCUT2D eigenvalue weighted by Crippen LogP contribution is -2.15. The van der Waals surface area contributed by atoms with E-state index in [1.165, 1.54) is 0 Å². The smallest absolute Gasteiger partial charge is 0.114 e. The standard InChI is InChI=1S/C11H12IN3O/c1-11(2,16)10-7-15(14-13-10)9-6-4-3-5-8(9)12/h3-7,16H,1-2H3. The SMILES string of the molecule is CC(C)(O)c1cn(-c2ccccc2I)nn1. The molecule has 2 rings (SSSR count). The highest BCUT2D eigenvalue weighted by Crippen LogP contribution is 2.20. The van der Waals surface area contributed by atoms with Gasteiger partial charge in [0.2, 0.25) is 0 Å². The van der Waals surface area contributed by atoms with Gasteiger partial charge in [0, 0.05) is 3.57 Å². The number of hydrogen-bond donors (Lipinski definition) is 1. The average molecular weight is 329 g/mol. The van der Waals surface area contributed by atoms with E-state index in [9.17, 15) is 5.11 Å². The summed E-state index contributed by atoms with van der Waals surface area (Å²) in [5.74, 6) is 0. The van der Waals surface area contributed by atoms with Crippen LogP contribution in [0.4, 0.5) is 0 Å². The number of aromatic nitrogens is 3. The minimum atomic E-state index is -0.960. The summed E-state index contributed by atoms with van der Waals surface area (Å²) in [5.41, 5.74) is 0.566. The number of rotatable bonds is 2. The Kier molecular flexibility index (Phi) is 2.98. The van der Waals surface area contributed by atoms with E-state index in [2.05, 4.69) is 32.9 Å². The molecule has 0 saturated heterocycles. The number of hydrogen-bond acceptors (Lipinski definition) is 3. The van der Waals surface area contributed by atoms with Crippen molar-refractivity contribution in [2.75, 3.05) is 0 Å². The molecule has 0 saturated carbocycles. The zero-order chi connectivity index (χ0) is 11.8. The first kappa shape index (κ1) is 11.5. The first-order valence-electron chi connectivity index (χ1n) is 4.88. The molecule has 16 heavy (non-hydrogen) atoms. The minimum absolute atomic E-state index is 0.562. The van der Waals surface area contributed by atoms with Crippen molar-refractivity contribution in [1.29, 1.82) is 0 Å². The summed E-state index contributed by atoms with van der Waals surface area (Å²) in [7, 11) is 0. The maximum atomic E-state index is 9.80. The molecule has 1 aromatic carbocycles. The van der Waals surface area contributed by atoms with Crippen LogP contribution in [0.3, 0.4) is 0 Å². The quantitative estimate of drug-likeness (QED) is 0.859. The van der Waals surface area contributed by atoms with E-state index in [1.807, 2.05) is 24.3 Å². The van der Waals surface area contributed by atoms with Gasteiger partial charge in [-0.1, -0.05) is 17.3 Å². The lowest BCUT2D eigenvalue weighted by Gasteiger charge is -2.11. The van der Waals surface area contributed by atoms with Gasteiger partial charge in [-0.2, -0.15) is 0 Å². The number of nitrogens with zero attached hydrogens (tertiary/aromatic N) is 3. The van der Waals surface area contributed by atoms with Crippen molar-refractivity contribution in [3.63, 3.8) is 0 Å². The van der Waals surface area contributed by atoms with Crippen LogP contribution in [0.15, 0.2) is 30.5 Å². The molecule has 0 aliphatic rings. The van der Waals surface area contributed by atoms with Gasteiger partial charge in [0.1, 0.15) is 11.3 Å². The summed E-state index contributed by atoms with van der Waals surface area (Å²) in [5, 5.41) is 17.8. The summed E-state index contributed by atoms with van der Waals surface area (Å²) in [6.07, 6.45) is 1.75. The maximum Gasteiger partial charge on any atom is 0.114 e. The molecular formula is C11H12IN3O. The van der Waals surface area contributed by atoms with E-state index < -0.39 is 5.60 Å². The van der Waals surface area contributed by atoms with E-state index in [0.717, 1.165) is 9.26 Å². The Morgan fingerprint density at radius 3 is 2.56 bits per heavy atom. The molecule has 0 aliphatic carbocycles. The van der Waals surface area contributed by atoms with Crippen molar-refractivity contribution in [2.45, 2.75) is 19.4 Å². The third-order valence-electron chi connectivity index (χ3n) is 2.22. The van der Waals surface area contributed by atoms with Crippen molar-refractivity contribution in [2.24, 2.45) is 0 Å². The number of halogens is 1. The maximum absolute atomic E-state index is 9.80. The van der Waals surface area contributed by atoms with Crippen molar-refractivity contribution >= 4 is 22.6 Å². The Balaban J connectivity index is 2.44. The Morgan fingerprint density at radius 2 is 2.00 bits per heavy atom. The third kappa shape index (κ3) is 2.25. The van der Waals surface area contributed by atoms with E-state index >= 15 is 0 Å². The summed E-state index contributed by atoms with van der Waals surface area (Å²) in [6.45, 7) is 3.38. The normalized spacial score (nSPS) is 11.8. The van der Waals surface area contributed by atoms with Crippen LogP contribution < -0.4 is 0 Å². The summed E-state index contributed by atoms with van der Waals surface area (Å²) < 4.78 is 2.77. The van der Waals surface area contributed by atoms with Gasteiger partial charge >= 0.3 is 0 Å². The molecule has 0 amide bonds. The number of aliphatic hydroxyl groups is 1. The molecule has 2 aromatic rings. The summed E-state index contributed by atoms with van der Waals surface area (Å²) in [6, 6.07) is 7.88. The van der Waals surface area contributed by atoms with Gasteiger partial charge in [0.05, 0.1) is 11.9 Å². The monoisotopic (exact) mass is 329 g/mol. The molecule has 0 unspecified atom stereocenters. The van der Waals surface area contributed by atoms with Gasteiger partial charge in [-0.15, -0.1) is 5.10 Å². The molecule has 1 N–H and O–H groups in total. The van der Waals surface area contributed by atoms with Crippen LogP contribution in [-0.4, -0.2) is 20.1 Å². The third-order valence-corrected chi connectivity index (χ3v) is 3.13. The van der Waals surface area contributed by atoms with Crippen LogP contribution in [0.25, 0.3) is 5.69 Å². The molecule has 0 spiro atoms. The topological polar surface area (TPSA) is 50.9 Å². The fourth-order valence-electron chi connectivity index (χ4n) is 1.30. The van der Waals surface area contributed by atoms with Gasteiger partial charge in [-0.3, -0.25) is 0 Å². The van der Waals surface area contributed by atoms with Crippen LogP contribution in [0.1, 0.15) is 19.5 Å². The Hall–Kier alpha value is -0.950. The first-order chi connectivity index (χ1) is 7.48. The predicted octanol–water partition coefficient (Wildman–Crippen LogP) is 2.10. The highest BCUT2D eigenvalue weighted by molar-refractivity contribution is 14.1. The van der Waals surface area contributed by atoms with Crippen LogP contribution in [0.5, 0.6) is 0 Å². The molecule has 0 atom stereocenters. The zero-order valence-electron chi connectivity index (χ0n) is 9.05. The van der Waals surface area contributed by atoms with Gasteiger partial charge in [0.15, 0.2) is 0 Å². The van der Waals surface area contributed by atoms with Crippen molar-refractivity contribution < 1.29 is 5.11 Å². The number of benzene rings is 1. The second kappa shape index (κ2) is 4.14. The Labute approximate surface area is 107 Å². The Morgan fingerprint density at radius 1 is 1.31 bits per heavy atom. The zero-order valence-corrected chi connectivity index (χ0v) is 11.2. The largest absolute Gasteiger partial charge is 0.384 e. The van der Waals surface area contributed by atoms with Crippen molar-refractivity contribution in [1.82, 2.24) is 15.0 Å². The van der Waals surface area contributed by atoms with Crippen LogP contribution in [0, 0.1) is 3.57 Å². The van der Waals surface area contributed by atoms with Gasteiger partial charge < -0.3 is 5.11 Å². The van der Waals surface area contributed by atoms with Crippen LogP contribution >= 0.6 is 22.6 Å². The highest BCUT2D eigenvalue weighted by atomic mass is 127. The minimum Gasteiger partial charge on any atom is -0.384 e. The van der Waals surface area contributed by atoms with E-state index in [4.69, 9.17) is 0 Å². The molecule has 0 radical (unpaired) electrons. The average Bonchev–Trinajstić information content (AvgIpc) is 2.66. The summed E-state index contributed by atoms with van der Waals surface area (Å²) in [4.78, 5) is 0. The molecule has 0 aliphatic heterocycles. The van der Waals surface area contributed by atoms with Crippen molar-refractivity contribution in [3.8, 4) is 5.69 Å². The fourth-order valence-corrected chi connectivity index (χ4v) is 1.93. The lowest BCUT2D eigenvalue weighted by atomic mass is 10.1. The molecule has 1 heterocycles. The van der Waals surface area contributed by atoms with E-state index in [1.54, 1.807) is 24.7 Å². The Bertz CT molecular complexity index is 502. The first-order valence-corrected chi connectivity index (χ1v) is 5.96. The molecule has 1 aromatic heterocycles. The molecule has 4 nitrogen and oxygen atoms in total. The molecule has 0 bridgehead atoms. The van der Waals surface area contributed by atoms with Crippen LogP contribution in [-0.2, 0) is 5.60 Å². The summed E-state index contributed by atoms with van der Waals surface area (Å²) >= 11 is 2.24. The second-order valence-corrected chi connectivity index (χ2v) is 5.22. The van der Waals surface area contributed by atoms with Crippen LogP contribution in [0.2, 0.25) is 0 Å². The second-order valence-electron chi connectivity index (χ2n) is 4.06. The predicted molar refractivity (Wildman–Crippen MR) is 69.3 cm³/mol.